The molecule has 4 heteroatoms. The molecule has 6 aromatic rings. The van der Waals surface area contributed by atoms with Gasteiger partial charge >= 0.3 is 0 Å². The highest BCUT2D eigenvalue weighted by atomic mass is 16.5. The van der Waals surface area contributed by atoms with Crippen LogP contribution < -0.4 is 19.3 Å². The first-order chi connectivity index (χ1) is 21.7. The van der Waals surface area contributed by atoms with Crippen molar-refractivity contribution < 1.29 is 9.47 Å². The lowest BCUT2D eigenvalue weighted by molar-refractivity contribution is 0.483. The quantitative estimate of drug-likeness (QED) is 0.144. The third kappa shape index (κ3) is 6.25. The van der Waals surface area contributed by atoms with Gasteiger partial charge in [0, 0.05) is 46.3 Å². The van der Waals surface area contributed by atoms with Gasteiger partial charge in [0.25, 0.3) is 0 Å². The molecule has 0 aromatic heterocycles. The van der Waals surface area contributed by atoms with Crippen molar-refractivity contribution in [2.24, 2.45) is 0 Å². The summed E-state index contributed by atoms with van der Waals surface area (Å²) in [6, 6.07) is 53.9. The van der Waals surface area contributed by atoms with E-state index in [0.29, 0.717) is 0 Å². The Balaban J connectivity index is 1.32. The van der Waals surface area contributed by atoms with Crippen molar-refractivity contribution in [3.8, 4) is 22.6 Å². The number of hydrogen-bond acceptors (Lipinski definition) is 4. The van der Waals surface area contributed by atoms with Crippen LogP contribution in [0, 0.1) is 0 Å². The number of para-hydroxylation sites is 2. The Hall–Kier alpha value is -6.00. The Morgan fingerprint density at radius 2 is 0.705 bits per heavy atom. The summed E-state index contributed by atoms with van der Waals surface area (Å²) in [6.45, 7) is 7.39. The van der Waals surface area contributed by atoms with Gasteiger partial charge in [-0.25, -0.2) is 0 Å². The number of anilines is 6. The van der Waals surface area contributed by atoms with Gasteiger partial charge < -0.3 is 19.3 Å². The zero-order valence-electron chi connectivity index (χ0n) is 24.3. The summed E-state index contributed by atoms with van der Waals surface area (Å²) in [5.41, 5.74) is 8.46. The van der Waals surface area contributed by atoms with Crippen molar-refractivity contribution in [1.29, 1.82) is 0 Å². The van der Waals surface area contributed by atoms with E-state index in [9.17, 15) is 0 Å². The highest BCUT2D eigenvalue weighted by Crippen LogP contribution is 2.39. The molecule has 6 aromatic carbocycles. The minimum atomic E-state index is 0.736. The lowest BCUT2D eigenvalue weighted by Crippen LogP contribution is -2.10. The van der Waals surface area contributed by atoms with Gasteiger partial charge in [-0.05, 0) is 83.9 Å². The second kappa shape index (κ2) is 13.3. The lowest BCUT2D eigenvalue weighted by Gasteiger charge is -2.26. The number of hydrogen-bond donors (Lipinski definition) is 0. The van der Waals surface area contributed by atoms with Crippen molar-refractivity contribution in [3.05, 3.63) is 183 Å². The summed E-state index contributed by atoms with van der Waals surface area (Å²) in [4.78, 5) is 4.43. The fraction of sp³-hybridized carbons (Fsp3) is 0. The number of nitrogens with zero attached hydrogens (tertiary/aromatic N) is 2. The first kappa shape index (κ1) is 28.1. The van der Waals surface area contributed by atoms with Gasteiger partial charge in [0.2, 0.25) is 0 Å². The van der Waals surface area contributed by atoms with Crippen molar-refractivity contribution in [3.63, 3.8) is 0 Å². The predicted octanol–water partition coefficient (Wildman–Crippen LogP) is 11.3. The molecule has 0 atom stereocenters. The monoisotopic (exact) mass is 572 g/mol. The van der Waals surface area contributed by atoms with Gasteiger partial charge in [0.05, 0.1) is 12.5 Å². The highest BCUT2D eigenvalue weighted by Gasteiger charge is 2.15. The van der Waals surface area contributed by atoms with E-state index < -0.39 is 0 Å². The van der Waals surface area contributed by atoms with Crippen LogP contribution in [0.5, 0.6) is 11.5 Å². The second-order valence-corrected chi connectivity index (χ2v) is 10.00. The average Bonchev–Trinajstić information content (AvgIpc) is 3.08. The van der Waals surface area contributed by atoms with Crippen LogP contribution in [0.1, 0.15) is 0 Å². The summed E-state index contributed by atoms with van der Waals surface area (Å²) in [7, 11) is 0. The van der Waals surface area contributed by atoms with Gasteiger partial charge in [0.15, 0.2) is 0 Å². The molecule has 0 spiro atoms. The van der Waals surface area contributed by atoms with Gasteiger partial charge in [-0.3, -0.25) is 0 Å². The third-order valence-corrected chi connectivity index (χ3v) is 7.20. The molecule has 0 heterocycles. The molecule has 44 heavy (non-hydrogen) atoms. The summed E-state index contributed by atoms with van der Waals surface area (Å²) in [6.07, 6.45) is 2.89. The first-order valence-electron chi connectivity index (χ1n) is 14.4. The van der Waals surface area contributed by atoms with Crippen LogP contribution in [0.3, 0.4) is 0 Å². The standard InChI is InChI=1S/C40H32N2O2/c1-3-43-39-19-11-17-37(29-39)41(33-13-7-5-8-14-33)35-25-21-31(22-26-35)32-23-27-36(28-24-32)42(34-15-9-6-10-16-34)38-18-12-20-40(30-38)44-4-2/h3-30H,1-2H2. The van der Waals surface area contributed by atoms with Gasteiger partial charge in [-0.15, -0.1) is 0 Å². The minimum Gasteiger partial charge on any atom is -0.466 e. The Morgan fingerprint density at radius 3 is 1.07 bits per heavy atom. The molecule has 0 N–H and O–H groups in total. The van der Waals surface area contributed by atoms with Crippen molar-refractivity contribution in [2.45, 2.75) is 0 Å². The fourth-order valence-electron chi connectivity index (χ4n) is 5.24. The molecule has 0 aliphatic rings. The smallest absolute Gasteiger partial charge is 0.128 e. The normalized spacial score (nSPS) is 10.5. The zero-order valence-corrected chi connectivity index (χ0v) is 24.3. The van der Waals surface area contributed by atoms with Gasteiger partial charge in [-0.2, -0.15) is 0 Å². The Morgan fingerprint density at radius 1 is 0.364 bits per heavy atom. The van der Waals surface area contributed by atoms with E-state index in [1.165, 1.54) is 12.5 Å². The molecule has 0 radical (unpaired) electrons. The second-order valence-electron chi connectivity index (χ2n) is 10.00. The van der Waals surface area contributed by atoms with Crippen LogP contribution in [0.15, 0.2) is 183 Å². The van der Waals surface area contributed by atoms with Crippen LogP contribution in [-0.4, -0.2) is 0 Å². The van der Waals surface area contributed by atoms with Gasteiger partial charge in [-0.1, -0.05) is 86.0 Å². The molecule has 0 saturated carbocycles. The lowest BCUT2D eigenvalue weighted by atomic mass is 10.0. The van der Waals surface area contributed by atoms with E-state index in [1.54, 1.807) is 0 Å². The van der Waals surface area contributed by atoms with Crippen LogP contribution in [0.4, 0.5) is 34.1 Å². The van der Waals surface area contributed by atoms with Crippen LogP contribution in [0.25, 0.3) is 11.1 Å². The summed E-state index contributed by atoms with van der Waals surface area (Å²) in [5.74, 6) is 1.47. The molecule has 0 saturated heterocycles. The van der Waals surface area contributed by atoms with E-state index in [2.05, 4.69) is 108 Å². The molecule has 0 fully saturated rings. The zero-order chi connectivity index (χ0) is 30.1. The molecule has 0 amide bonds. The number of rotatable bonds is 11. The number of benzene rings is 6. The van der Waals surface area contributed by atoms with Crippen molar-refractivity contribution in [1.82, 2.24) is 0 Å². The molecule has 214 valence electrons. The fourth-order valence-corrected chi connectivity index (χ4v) is 5.24. The third-order valence-electron chi connectivity index (χ3n) is 7.20. The van der Waals surface area contributed by atoms with Crippen molar-refractivity contribution >= 4 is 34.1 Å². The van der Waals surface area contributed by atoms with Crippen LogP contribution >= 0.6 is 0 Å². The average molecular weight is 573 g/mol. The molecule has 4 nitrogen and oxygen atoms in total. The summed E-state index contributed by atoms with van der Waals surface area (Å²) < 4.78 is 11.1. The minimum absolute atomic E-state index is 0.736. The van der Waals surface area contributed by atoms with E-state index in [4.69, 9.17) is 9.47 Å². The number of ether oxygens (including phenoxy) is 2. The van der Waals surface area contributed by atoms with E-state index in [-0.39, 0.29) is 0 Å². The maximum Gasteiger partial charge on any atom is 0.128 e. The van der Waals surface area contributed by atoms with Crippen molar-refractivity contribution in [2.75, 3.05) is 9.80 Å². The van der Waals surface area contributed by atoms with E-state index in [1.807, 2.05) is 72.8 Å². The molecule has 0 bridgehead atoms. The Labute approximate surface area is 259 Å². The van der Waals surface area contributed by atoms with Gasteiger partial charge in [0.1, 0.15) is 11.5 Å². The predicted molar refractivity (Wildman–Crippen MR) is 183 cm³/mol. The Kier molecular flexibility index (Phi) is 8.52. The topological polar surface area (TPSA) is 24.9 Å². The summed E-state index contributed by atoms with van der Waals surface area (Å²) in [5, 5.41) is 0. The molecular weight excluding hydrogens is 540 g/mol. The molecule has 0 unspecified atom stereocenters. The highest BCUT2D eigenvalue weighted by molar-refractivity contribution is 5.81. The molecule has 0 aliphatic heterocycles. The van der Waals surface area contributed by atoms with Crippen LogP contribution in [0.2, 0.25) is 0 Å². The largest absolute Gasteiger partial charge is 0.466 e. The van der Waals surface area contributed by atoms with Crippen LogP contribution in [-0.2, 0) is 0 Å². The first-order valence-corrected chi connectivity index (χ1v) is 14.4. The molecular formula is C40H32N2O2. The molecule has 0 aliphatic carbocycles. The SMILES string of the molecule is C=COc1cccc(N(c2ccccc2)c2ccc(-c3ccc(N(c4ccccc4)c4cccc(OC=C)c4)cc3)cc2)c1. The summed E-state index contributed by atoms with van der Waals surface area (Å²) >= 11 is 0. The van der Waals surface area contributed by atoms with E-state index in [0.717, 1.165) is 56.8 Å². The molecule has 6 rings (SSSR count). The van der Waals surface area contributed by atoms with E-state index >= 15 is 0 Å². The maximum absolute atomic E-state index is 5.57. The maximum atomic E-state index is 5.57. The Bertz CT molecular complexity index is 1700.